The van der Waals surface area contributed by atoms with Crippen molar-refractivity contribution in [2.75, 3.05) is 0 Å². The standard InChI is InChI=1S/C13H7N3O4S/c17-15(18)10-6-3-4-8(12(10)16(19)20)13-14-9-5-1-2-7-11(9)21-13/h1-7H. The van der Waals surface area contributed by atoms with E-state index in [2.05, 4.69) is 4.98 Å². The number of fused-ring (bicyclic) bond motifs is 1. The number of hydrogen-bond acceptors (Lipinski definition) is 6. The number of aromatic nitrogens is 1. The highest BCUT2D eigenvalue weighted by molar-refractivity contribution is 7.21. The van der Waals surface area contributed by atoms with Gasteiger partial charge in [-0.1, -0.05) is 18.2 Å². The molecule has 0 N–H and O–H groups in total. The van der Waals surface area contributed by atoms with Gasteiger partial charge in [0.05, 0.1) is 25.6 Å². The SMILES string of the molecule is O=[N+]([O-])c1cccc(-c2nc3ccccc3s2)c1[N+](=O)[O-]. The van der Waals surface area contributed by atoms with Gasteiger partial charge in [-0.2, -0.15) is 0 Å². The number of hydrogen-bond donors (Lipinski definition) is 0. The van der Waals surface area contributed by atoms with E-state index >= 15 is 0 Å². The van der Waals surface area contributed by atoms with Crippen molar-refractivity contribution in [3.8, 4) is 10.6 Å². The van der Waals surface area contributed by atoms with Crippen LogP contribution in [0.1, 0.15) is 0 Å². The maximum atomic E-state index is 11.2. The molecule has 1 heterocycles. The number of benzene rings is 2. The summed E-state index contributed by atoms with van der Waals surface area (Å²) in [6.07, 6.45) is 0. The van der Waals surface area contributed by atoms with Gasteiger partial charge in [0.15, 0.2) is 0 Å². The molecule has 0 spiro atoms. The molecule has 0 amide bonds. The van der Waals surface area contributed by atoms with Crippen molar-refractivity contribution in [2.24, 2.45) is 0 Å². The average molecular weight is 301 g/mol. The van der Waals surface area contributed by atoms with E-state index in [1.54, 1.807) is 6.07 Å². The maximum Gasteiger partial charge on any atom is 0.356 e. The van der Waals surface area contributed by atoms with Crippen LogP contribution in [-0.2, 0) is 0 Å². The summed E-state index contributed by atoms with van der Waals surface area (Å²) >= 11 is 1.26. The lowest BCUT2D eigenvalue weighted by atomic mass is 10.1. The number of rotatable bonds is 3. The van der Waals surface area contributed by atoms with E-state index in [1.807, 2.05) is 18.2 Å². The number of para-hydroxylation sites is 2. The van der Waals surface area contributed by atoms with E-state index in [1.165, 1.54) is 23.5 Å². The first-order valence-corrected chi connectivity index (χ1v) is 6.67. The summed E-state index contributed by atoms with van der Waals surface area (Å²) in [6, 6.07) is 11.3. The van der Waals surface area contributed by atoms with E-state index in [0.29, 0.717) is 10.5 Å². The molecule has 0 saturated carbocycles. The largest absolute Gasteiger partial charge is 0.356 e. The minimum absolute atomic E-state index is 0.162. The van der Waals surface area contributed by atoms with Crippen LogP contribution in [0.4, 0.5) is 11.4 Å². The van der Waals surface area contributed by atoms with Gasteiger partial charge in [0, 0.05) is 6.07 Å². The summed E-state index contributed by atoms with van der Waals surface area (Å²) in [7, 11) is 0. The zero-order chi connectivity index (χ0) is 15.0. The van der Waals surface area contributed by atoms with Gasteiger partial charge in [-0.05, 0) is 18.2 Å². The fourth-order valence-electron chi connectivity index (χ4n) is 2.03. The van der Waals surface area contributed by atoms with Crippen LogP contribution in [0, 0.1) is 20.2 Å². The van der Waals surface area contributed by atoms with Crippen molar-refractivity contribution in [1.29, 1.82) is 0 Å². The Kier molecular flexibility index (Phi) is 3.07. The Morgan fingerprint density at radius 2 is 1.71 bits per heavy atom. The molecule has 3 rings (SSSR count). The van der Waals surface area contributed by atoms with E-state index in [9.17, 15) is 20.2 Å². The van der Waals surface area contributed by atoms with E-state index in [0.717, 1.165) is 10.8 Å². The molecule has 1 aromatic heterocycles. The zero-order valence-corrected chi connectivity index (χ0v) is 11.2. The van der Waals surface area contributed by atoms with Gasteiger partial charge < -0.3 is 0 Å². The van der Waals surface area contributed by atoms with Gasteiger partial charge in [0.2, 0.25) is 0 Å². The van der Waals surface area contributed by atoms with Gasteiger partial charge >= 0.3 is 11.4 Å². The molecule has 0 fully saturated rings. The van der Waals surface area contributed by atoms with Gasteiger partial charge in [0.25, 0.3) is 0 Å². The Bertz CT molecular complexity index is 842. The third-order valence-corrected chi connectivity index (χ3v) is 3.99. The van der Waals surface area contributed by atoms with Crippen LogP contribution in [0.15, 0.2) is 42.5 Å². The second-order valence-electron chi connectivity index (χ2n) is 4.17. The van der Waals surface area contributed by atoms with Gasteiger partial charge in [-0.25, -0.2) is 4.98 Å². The number of nitro benzene ring substituents is 2. The number of nitrogens with zero attached hydrogens (tertiary/aromatic N) is 3. The summed E-state index contributed by atoms with van der Waals surface area (Å²) in [5.41, 5.74) is -0.188. The third-order valence-electron chi connectivity index (χ3n) is 2.92. The van der Waals surface area contributed by atoms with Crippen LogP contribution >= 0.6 is 11.3 Å². The molecule has 0 aliphatic heterocycles. The molecule has 0 bridgehead atoms. The van der Waals surface area contributed by atoms with Crippen molar-refractivity contribution >= 4 is 32.9 Å². The molecule has 7 nitrogen and oxygen atoms in total. The van der Waals surface area contributed by atoms with E-state index < -0.39 is 21.2 Å². The Hall–Kier alpha value is -2.87. The molecule has 8 heteroatoms. The molecular formula is C13H7N3O4S. The Morgan fingerprint density at radius 3 is 2.38 bits per heavy atom. The Balaban J connectivity index is 2.28. The molecule has 0 atom stereocenters. The number of thiazole rings is 1. The highest BCUT2D eigenvalue weighted by Crippen LogP contribution is 2.40. The molecular weight excluding hydrogens is 294 g/mol. The summed E-state index contributed by atoms with van der Waals surface area (Å²) in [5.74, 6) is 0. The van der Waals surface area contributed by atoms with E-state index in [4.69, 9.17) is 0 Å². The van der Waals surface area contributed by atoms with Crippen LogP contribution in [0.2, 0.25) is 0 Å². The molecule has 0 saturated heterocycles. The first-order valence-electron chi connectivity index (χ1n) is 5.85. The van der Waals surface area contributed by atoms with Crippen LogP contribution in [-0.4, -0.2) is 14.8 Å². The van der Waals surface area contributed by atoms with Gasteiger partial charge in [-0.3, -0.25) is 20.2 Å². The second kappa shape index (κ2) is 4.91. The number of nitro groups is 2. The molecule has 21 heavy (non-hydrogen) atoms. The fourth-order valence-corrected chi connectivity index (χ4v) is 3.02. The molecule has 2 aromatic carbocycles. The monoisotopic (exact) mass is 301 g/mol. The highest BCUT2D eigenvalue weighted by atomic mass is 32.1. The lowest BCUT2D eigenvalue weighted by molar-refractivity contribution is -0.422. The van der Waals surface area contributed by atoms with Crippen molar-refractivity contribution in [2.45, 2.75) is 0 Å². The summed E-state index contributed by atoms with van der Waals surface area (Å²) in [5, 5.41) is 22.6. The molecule has 0 aliphatic carbocycles. The smallest absolute Gasteiger partial charge is 0.258 e. The summed E-state index contributed by atoms with van der Waals surface area (Å²) in [4.78, 5) is 25.0. The average Bonchev–Trinajstić information content (AvgIpc) is 2.90. The van der Waals surface area contributed by atoms with Gasteiger partial charge in [-0.15, -0.1) is 11.3 Å². The predicted octanol–water partition coefficient (Wildman–Crippen LogP) is 3.78. The first kappa shape index (κ1) is 13.1. The third kappa shape index (κ3) is 2.21. The van der Waals surface area contributed by atoms with E-state index in [-0.39, 0.29) is 5.56 Å². The zero-order valence-electron chi connectivity index (χ0n) is 10.4. The predicted molar refractivity (Wildman–Crippen MR) is 78.4 cm³/mol. The van der Waals surface area contributed by atoms with Crippen molar-refractivity contribution in [3.63, 3.8) is 0 Å². The second-order valence-corrected chi connectivity index (χ2v) is 5.20. The lowest BCUT2D eigenvalue weighted by Gasteiger charge is -1.99. The van der Waals surface area contributed by atoms with Crippen molar-refractivity contribution < 1.29 is 9.85 Å². The molecule has 3 aromatic rings. The highest BCUT2D eigenvalue weighted by Gasteiger charge is 2.30. The molecule has 0 aliphatic rings. The van der Waals surface area contributed by atoms with Crippen LogP contribution < -0.4 is 0 Å². The Morgan fingerprint density at radius 1 is 0.952 bits per heavy atom. The van der Waals surface area contributed by atoms with Crippen LogP contribution in [0.25, 0.3) is 20.8 Å². The summed E-state index contributed by atoms with van der Waals surface area (Å²) < 4.78 is 0.869. The van der Waals surface area contributed by atoms with Crippen LogP contribution in [0.3, 0.4) is 0 Å². The topological polar surface area (TPSA) is 99.2 Å². The quantitative estimate of drug-likeness (QED) is 0.541. The molecule has 104 valence electrons. The minimum Gasteiger partial charge on any atom is -0.258 e. The van der Waals surface area contributed by atoms with Crippen LogP contribution in [0.5, 0.6) is 0 Å². The maximum absolute atomic E-state index is 11.2. The van der Waals surface area contributed by atoms with Gasteiger partial charge in [0.1, 0.15) is 5.01 Å². The fraction of sp³-hybridized carbons (Fsp3) is 0. The molecule has 0 radical (unpaired) electrons. The van der Waals surface area contributed by atoms with Crippen molar-refractivity contribution in [1.82, 2.24) is 4.98 Å². The minimum atomic E-state index is -0.755. The Labute approximate surface area is 121 Å². The lowest BCUT2D eigenvalue weighted by Crippen LogP contribution is -1.98. The first-order chi connectivity index (χ1) is 10.1. The summed E-state index contributed by atoms with van der Waals surface area (Å²) in [6.45, 7) is 0. The molecule has 0 unspecified atom stereocenters. The van der Waals surface area contributed by atoms with Crippen molar-refractivity contribution in [3.05, 3.63) is 62.7 Å². The normalized spacial score (nSPS) is 10.7.